The molecule has 2 N–H and O–H groups in total. The van der Waals surface area contributed by atoms with Crippen LogP contribution in [0.5, 0.6) is 5.75 Å². The van der Waals surface area contributed by atoms with Gasteiger partial charge in [0.2, 0.25) is 5.91 Å². The van der Waals surface area contributed by atoms with Crippen molar-refractivity contribution in [2.75, 3.05) is 52.7 Å². The number of sulfonamides is 1. The molecule has 3 atom stereocenters. The van der Waals surface area contributed by atoms with Crippen molar-refractivity contribution in [3.63, 3.8) is 0 Å². The van der Waals surface area contributed by atoms with Crippen LogP contribution < -0.4 is 10.1 Å². The minimum Gasteiger partial charge on any atom is -0.488 e. The maximum absolute atomic E-state index is 13.6. The molecule has 3 rings (SSSR count). The number of benzene rings is 1. The van der Waals surface area contributed by atoms with Gasteiger partial charge in [0.15, 0.2) is 5.03 Å². The number of aliphatic hydroxyl groups is 1. The van der Waals surface area contributed by atoms with Crippen LogP contribution in [0.2, 0.25) is 0 Å². The molecule has 2 heterocycles. The van der Waals surface area contributed by atoms with E-state index in [2.05, 4.69) is 10.3 Å². The Hall–Kier alpha value is -3.00. The molecular weight excluding hydrogens is 524 g/mol. The molecule has 0 bridgehead atoms. The molecule has 1 aliphatic heterocycles. The average Bonchev–Trinajstić information content (AvgIpc) is 3.32. The average molecular weight is 565 g/mol. The lowest BCUT2D eigenvalue weighted by Crippen LogP contribution is -2.50. The molecule has 0 unspecified atom stereocenters. The highest BCUT2D eigenvalue weighted by Crippen LogP contribution is 2.31. The number of aromatic nitrogens is 2. The number of ether oxygens (including phenoxy) is 1. The zero-order valence-electron chi connectivity index (χ0n) is 23.5. The van der Waals surface area contributed by atoms with Gasteiger partial charge in [-0.3, -0.25) is 9.59 Å². The highest BCUT2D eigenvalue weighted by atomic mass is 32.2. The number of nitrogens with one attached hydrogen (secondary N) is 1. The van der Waals surface area contributed by atoms with Crippen LogP contribution in [-0.2, 0) is 21.9 Å². The largest absolute Gasteiger partial charge is 0.488 e. The van der Waals surface area contributed by atoms with Gasteiger partial charge in [-0.05, 0) is 52.2 Å². The lowest BCUT2D eigenvalue weighted by Gasteiger charge is -2.38. The number of anilines is 1. The molecule has 39 heavy (non-hydrogen) atoms. The SMILES string of the molecule is C[C@H](CO)N1C[C@H](C)[C@@H](CN(C)S(=O)(=O)c2cn(C)cn2)Oc2ccc(NC(=O)CCCN(C)C)cc2C1=O. The molecule has 0 radical (unpaired) electrons. The van der Waals surface area contributed by atoms with Crippen molar-refractivity contribution in [2.45, 2.75) is 43.9 Å². The minimum absolute atomic E-state index is 0.0133. The van der Waals surface area contributed by atoms with E-state index in [4.69, 9.17) is 4.74 Å². The molecule has 2 aromatic rings. The molecule has 0 saturated carbocycles. The van der Waals surface area contributed by atoms with E-state index in [1.165, 1.54) is 23.9 Å². The summed E-state index contributed by atoms with van der Waals surface area (Å²) < 4.78 is 35.3. The van der Waals surface area contributed by atoms with Gasteiger partial charge < -0.3 is 29.5 Å². The fourth-order valence-electron chi connectivity index (χ4n) is 4.33. The van der Waals surface area contributed by atoms with Gasteiger partial charge in [0, 0.05) is 44.9 Å². The fourth-order valence-corrected chi connectivity index (χ4v) is 5.47. The second-order valence-corrected chi connectivity index (χ2v) is 12.4. The summed E-state index contributed by atoms with van der Waals surface area (Å²) >= 11 is 0. The predicted octanol–water partition coefficient (Wildman–Crippen LogP) is 1.24. The molecule has 0 fully saturated rings. The summed E-state index contributed by atoms with van der Waals surface area (Å²) in [6.45, 7) is 4.42. The van der Waals surface area contributed by atoms with Crippen molar-refractivity contribution >= 4 is 27.5 Å². The summed E-state index contributed by atoms with van der Waals surface area (Å²) in [6.07, 6.45) is 3.28. The van der Waals surface area contributed by atoms with Gasteiger partial charge in [-0.25, -0.2) is 13.4 Å². The molecule has 12 nitrogen and oxygen atoms in total. The van der Waals surface area contributed by atoms with Crippen molar-refractivity contribution in [2.24, 2.45) is 13.0 Å². The number of hydrogen-bond acceptors (Lipinski definition) is 8. The van der Waals surface area contributed by atoms with E-state index in [0.29, 0.717) is 18.5 Å². The van der Waals surface area contributed by atoms with Gasteiger partial charge in [0.1, 0.15) is 11.9 Å². The van der Waals surface area contributed by atoms with E-state index in [1.54, 1.807) is 41.6 Å². The molecule has 0 spiro atoms. The first-order chi connectivity index (χ1) is 18.3. The monoisotopic (exact) mass is 564 g/mol. The van der Waals surface area contributed by atoms with Gasteiger partial charge >= 0.3 is 0 Å². The zero-order chi connectivity index (χ0) is 28.9. The quantitative estimate of drug-likeness (QED) is 0.416. The van der Waals surface area contributed by atoms with Crippen LogP contribution in [0, 0.1) is 5.92 Å². The van der Waals surface area contributed by atoms with Gasteiger partial charge in [-0.15, -0.1) is 0 Å². The normalized spacial score (nSPS) is 18.9. The van der Waals surface area contributed by atoms with Gasteiger partial charge in [0.25, 0.3) is 15.9 Å². The Morgan fingerprint density at radius 1 is 1.31 bits per heavy atom. The maximum Gasteiger partial charge on any atom is 0.261 e. The van der Waals surface area contributed by atoms with Crippen molar-refractivity contribution in [3.8, 4) is 5.75 Å². The van der Waals surface area contributed by atoms with Crippen LogP contribution in [0.15, 0.2) is 35.7 Å². The Morgan fingerprint density at radius 3 is 2.64 bits per heavy atom. The number of fused-ring (bicyclic) bond motifs is 1. The van der Waals surface area contributed by atoms with E-state index >= 15 is 0 Å². The fraction of sp³-hybridized carbons (Fsp3) is 0.577. The zero-order valence-corrected chi connectivity index (χ0v) is 24.3. The third-order valence-electron chi connectivity index (χ3n) is 6.75. The number of likely N-dealkylation sites (N-methyl/N-ethyl adjacent to an activating group) is 1. The number of rotatable bonds is 11. The molecule has 0 aliphatic carbocycles. The predicted molar refractivity (Wildman–Crippen MR) is 147 cm³/mol. The first-order valence-corrected chi connectivity index (χ1v) is 14.4. The first kappa shape index (κ1) is 30.5. The number of aryl methyl sites for hydroxylation is 1. The second kappa shape index (κ2) is 12.9. The van der Waals surface area contributed by atoms with Crippen molar-refractivity contribution < 1.29 is 27.9 Å². The lowest BCUT2D eigenvalue weighted by atomic mass is 9.99. The Kier molecular flexibility index (Phi) is 10.1. The van der Waals surface area contributed by atoms with Gasteiger partial charge in [0.05, 0.1) is 31.1 Å². The Labute approximate surface area is 230 Å². The Balaban J connectivity index is 1.89. The summed E-state index contributed by atoms with van der Waals surface area (Å²) in [5, 5.41) is 12.6. The molecule has 0 saturated heterocycles. The summed E-state index contributed by atoms with van der Waals surface area (Å²) in [6, 6.07) is 4.36. The number of aliphatic hydroxyl groups excluding tert-OH is 1. The van der Waals surface area contributed by atoms with E-state index in [0.717, 1.165) is 6.54 Å². The molecule has 1 aromatic heterocycles. The van der Waals surface area contributed by atoms with Crippen LogP contribution in [0.1, 0.15) is 37.0 Å². The third kappa shape index (κ3) is 7.56. The van der Waals surface area contributed by atoms with Crippen LogP contribution >= 0.6 is 0 Å². The van der Waals surface area contributed by atoms with E-state index in [-0.39, 0.29) is 53.8 Å². The molecule has 2 amide bonds. The molecular formula is C26H40N6O6S. The first-order valence-electron chi connectivity index (χ1n) is 12.9. The Morgan fingerprint density at radius 2 is 2.03 bits per heavy atom. The molecule has 1 aliphatic rings. The summed E-state index contributed by atoms with van der Waals surface area (Å²) in [5.74, 6) is -0.492. The highest BCUT2D eigenvalue weighted by Gasteiger charge is 2.35. The molecule has 216 valence electrons. The highest BCUT2D eigenvalue weighted by molar-refractivity contribution is 7.89. The lowest BCUT2D eigenvalue weighted by molar-refractivity contribution is -0.116. The summed E-state index contributed by atoms with van der Waals surface area (Å²) in [7, 11) is 3.17. The van der Waals surface area contributed by atoms with Crippen molar-refractivity contribution in [1.29, 1.82) is 0 Å². The summed E-state index contributed by atoms with van der Waals surface area (Å²) in [5.41, 5.74) is 0.686. The number of nitrogens with zero attached hydrogens (tertiary/aromatic N) is 5. The van der Waals surface area contributed by atoms with Crippen molar-refractivity contribution in [1.82, 2.24) is 23.7 Å². The van der Waals surface area contributed by atoms with E-state index in [1.807, 2.05) is 25.9 Å². The number of hydrogen-bond donors (Lipinski definition) is 2. The topological polar surface area (TPSA) is 137 Å². The number of amides is 2. The second-order valence-electron chi connectivity index (χ2n) is 10.5. The number of imidazole rings is 1. The third-order valence-corrected chi connectivity index (χ3v) is 8.46. The molecule has 1 aromatic carbocycles. The van der Waals surface area contributed by atoms with Gasteiger partial charge in [-0.2, -0.15) is 4.31 Å². The standard InChI is InChI=1S/C26H40N6O6S/c1-18-13-32(19(2)16-33)26(35)21-12-20(28-24(34)8-7-11-29(3)4)9-10-22(21)38-23(18)14-31(6)39(36,37)25-15-30(5)17-27-25/h9-10,12,15,17-19,23,33H,7-8,11,13-14,16H2,1-6H3,(H,28,34)/t18-,19+,23+/m0/s1. The Bertz CT molecular complexity index is 1260. The summed E-state index contributed by atoms with van der Waals surface area (Å²) in [4.78, 5) is 33.6. The van der Waals surface area contributed by atoms with E-state index < -0.39 is 22.2 Å². The van der Waals surface area contributed by atoms with Crippen molar-refractivity contribution in [3.05, 3.63) is 36.3 Å². The minimum atomic E-state index is -3.87. The molecule has 13 heteroatoms. The van der Waals surface area contributed by atoms with Gasteiger partial charge in [-0.1, -0.05) is 6.92 Å². The maximum atomic E-state index is 13.6. The van der Waals surface area contributed by atoms with E-state index in [9.17, 15) is 23.1 Å². The number of carbonyl (C=O) groups excluding carboxylic acids is 2. The van der Waals surface area contributed by atoms with Crippen LogP contribution in [-0.4, -0.2) is 109 Å². The van der Waals surface area contributed by atoms with Crippen LogP contribution in [0.3, 0.4) is 0 Å². The number of carbonyl (C=O) groups is 2. The van der Waals surface area contributed by atoms with Crippen LogP contribution in [0.25, 0.3) is 0 Å². The smallest absolute Gasteiger partial charge is 0.261 e. The van der Waals surface area contributed by atoms with Crippen LogP contribution in [0.4, 0.5) is 5.69 Å².